The van der Waals surface area contributed by atoms with Crippen molar-refractivity contribution in [1.82, 2.24) is 13.6 Å². The molecule has 0 aliphatic heterocycles. The van der Waals surface area contributed by atoms with Gasteiger partial charge in [-0.3, -0.25) is 19.2 Å². The second-order valence-corrected chi connectivity index (χ2v) is 8.42. The van der Waals surface area contributed by atoms with Crippen molar-refractivity contribution in [2.75, 3.05) is 32.1 Å². The lowest BCUT2D eigenvalue weighted by atomic mass is 10.1. The molecule has 0 saturated heterocycles. The van der Waals surface area contributed by atoms with E-state index in [1.54, 1.807) is 20.8 Å². The number of rotatable bonds is 13. The standard InChI is InChI=1S/C19H28N4O10S/c1-11(24)30-10-16(29)33-12(8-32-18-17(20)21-34-22-18)7-23(19(2,3)4)13(25)9-31-15(28)6-5-14(26)27/h12H,5-10H2,1-4H3,(H2,20,21)(H,26,27)/t12-/m0/s1. The van der Waals surface area contributed by atoms with Gasteiger partial charge in [0, 0.05) is 12.5 Å². The van der Waals surface area contributed by atoms with Gasteiger partial charge in [-0.2, -0.15) is 4.37 Å². The van der Waals surface area contributed by atoms with Crippen LogP contribution >= 0.6 is 11.7 Å². The molecule has 0 aliphatic carbocycles. The molecule has 0 bridgehead atoms. The predicted molar refractivity (Wildman–Crippen MR) is 116 cm³/mol. The molecule has 1 aromatic heterocycles. The Morgan fingerprint density at radius 1 is 1.06 bits per heavy atom. The second kappa shape index (κ2) is 13.3. The maximum absolute atomic E-state index is 12.8. The number of nitrogen functional groups attached to an aromatic ring is 1. The third kappa shape index (κ3) is 10.9. The van der Waals surface area contributed by atoms with E-state index in [1.807, 2.05) is 0 Å². The Hall–Kier alpha value is -3.49. The van der Waals surface area contributed by atoms with Gasteiger partial charge in [0.25, 0.3) is 11.8 Å². The largest absolute Gasteiger partial charge is 0.481 e. The molecule has 190 valence electrons. The van der Waals surface area contributed by atoms with Crippen LogP contribution in [0.3, 0.4) is 0 Å². The molecule has 0 fully saturated rings. The van der Waals surface area contributed by atoms with E-state index in [1.165, 1.54) is 4.90 Å². The zero-order chi connectivity index (χ0) is 25.9. The SMILES string of the molecule is CC(=O)OCC(=O)O[C@H](COc1nsnc1N)CN(C(=O)COC(=O)CCC(=O)O)C(C)(C)C. The highest BCUT2D eigenvalue weighted by Crippen LogP contribution is 2.19. The maximum atomic E-state index is 12.8. The highest BCUT2D eigenvalue weighted by Gasteiger charge is 2.32. The minimum atomic E-state index is -1.17. The summed E-state index contributed by atoms with van der Waals surface area (Å²) in [4.78, 5) is 59.4. The molecule has 1 aromatic rings. The normalized spacial score (nSPS) is 11.8. The van der Waals surface area contributed by atoms with Gasteiger partial charge in [-0.05, 0) is 20.8 Å². The molecule has 1 atom stereocenters. The Balaban J connectivity index is 2.89. The first-order chi connectivity index (χ1) is 15.8. The van der Waals surface area contributed by atoms with Crippen LogP contribution in [0.15, 0.2) is 0 Å². The molecule has 1 rings (SSSR count). The average Bonchev–Trinajstić information content (AvgIpc) is 3.14. The third-order valence-electron chi connectivity index (χ3n) is 3.98. The fourth-order valence-electron chi connectivity index (χ4n) is 2.42. The number of carboxylic acid groups (broad SMARTS) is 1. The number of nitrogens with zero attached hydrogens (tertiary/aromatic N) is 3. The first-order valence-corrected chi connectivity index (χ1v) is 10.7. The molecule has 0 radical (unpaired) electrons. The number of esters is 3. The highest BCUT2D eigenvalue weighted by molar-refractivity contribution is 6.99. The molecule has 0 aromatic carbocycles. The summed E-state index contributed by atoms with van der Waals surface area (Å²) in [5.41, 5.74) is 4.84. The van der Waals surface area contributed by atoms with Gasteiger partial charge in [0.1, 0.15) is 6.61 Å². The number of hydrogen-bond donors (Lipinski definition) is 2. The fraction of sp³-hybridized carbons (Fsp3) is 0.632. The van der Waals surface area contributed by atoms with Crippen molar-refractivity contribution in [2.45, 2.75) is 52.2 Å². The summed E-state index contributed by atoms with van der Waals surface area (Å²) in [6.07, 6.45) is -1.86. The lowest BCUT2D eigenvalue weighted by Gasteiger charge is -2.37. The van der Waals surface area contributed by atoms with Crippen molar-refractivity contribution in [3.63, 3.8) is 0 Å². The van der Waals surface area contributed by atoms with Gasteiger partial charge in [0.15, 0.2) is 19.3 Å². The van der Waals surface area contributed by atoms with Gasteiger partial charge in [-0.15, -0.1) is 4.37 Å². The summed E-state index contributed by atoms with van der Waals surface area (Å²) in [6.45, 7) is 4.51. The molecule has 0 spiro atoms. The summed E-state index contributed by atoms with van der Waals surface area (Å²) < 4.78 is 27.9. The van der Waals surface area contributed by atoms with Crippen molar-refractivity contribution in [2.24, 2.45) is 0 Å². The van der Waals surface area contributed by atoms with Crippen LogP contribution in [0, 0.1) is 0 Å². The van der Waals surface area contributed by atoms with Crippen LogP contribution in [0.5, 0.6) is 5.88 Å². The van der Waals surface area contributed by atoms with Crippen LogP contribution < -0.4 is 10.5 Å². The number of aromatic nitrogens is 2. The minimum Gasteiger partial charge on any atom is -0.481 e. The molecule has 3 N–H and O–H groups in total. The minimum absolute atomic E-state index is 0.0204. The number of amides is 1. The predicted octanol–water partition coefficient (Wildman–Crippen LogP) is 0.00910. The van der Waals surface area contributed by atoms with Crippen molar-refractivity contribution in [3.05, 3.63) is 0 Å². The number of carbonyl (C=O) groups is 5. The van der Waals surface area contributed by atoms with Crippen LogP contribution in [-0.2, 0) is 38.2 Å². The van der Waals surface area contributed by atoms with Gasteiger partial charge in [-0.1, -0.05) is 0 Å². The Kier molecular flexibility index (Phi) is 11.1. The van der Waals surface area contributed by atoms with E-state index in [-0.39, 0.29) is 31.3 Å². The molecule has 0 unspecified atom stereocenters. The lowest BCUT2D eigenvalue weighted by molar-refractivity contribution is -0.166. The van der Waals surface area contributed by atoms with Crippen molar-refractivity contribution in [3.8, 4) is 5.88 Å². The molecular weight excluding hydrogens is 476 g/mol. The fourth-order valence-corrected chi connectivity index (χ4v) is 2.85. The number of hydrogen-bond acceptors (Lipinski definition) is 13. The zero-order valence-electron chi connectivity index (χ0n) is 19.3. The first kappa shape index (κ1) is 28.5. The Labute approximate surface area is 199 Å². The van der Waals surface area contributed by atoms with E-state index < -0.39 is 61.1 Å². The van der Waals surface area contributed by atoms with Crippen LogP contribution in [-0.4, -0.2) is 86.5 Å². The Bertz CT molecular complexity index is 883. The van der Waals surface area contributed by atoms with Gasteiger partial charge < -0.3 is 34.7 Å². The monoisotopic (exact) mass is 504 g/mol. The summed E-state index contributed by atoms with van der Waals surface area (Å²) in [5, 5.41) is 8.63. The summed E-state index contributed by atoms with van der Waals surface area (Å²) in [6, 6.07) is 0. The van der Waals surface area contributed by atoms with E-state index in [9.17, 15) is 24.0 Å². The topological polar surface area (TPSA) is 198 Å². The van der Waals surface area contributed by atoms with Crippen LogP contribution in [0.2, 0.25) is 0 Å². The highest BCUT2D eigenvalue weighted by atomic mass is 32.1. The molecule has 34 heavy (non-hydrogen) atoms. The maximum Gasteiger partial charge on any atom is 0.344 e. The number of carboxylic acids is 1. The smallest absolute Gasteiger partial charge is 0.344 e. The summed E-state index contributed by atoms with van der Waals surface area (Å²) in [7, 11) is 0. The number of carbonyl (C=O) groups excluding carboxylic acids is 4. The quantitative estimate of drug-likeness (QED) is 0.269. The molecular formula is C19H28N4O10S. The van der Waals surface area contributed by atoms with E-state index in [2.05, 4.69) is 13.5 Å². The molecule has 1 heterocycles. The van der Waals surface area contributed by atoms with Crippen molar-refractivity contribution < 1.29 is 48.0 Å². The van der Waals surface area contributed by atoms with Gasteiger partial charge in [0.05, 0.1) is 31.1 Å². The molecule has 14 nitrogen and oxygen atoms in total. The molecule has 0 aliphatic rings. The van der Waals surface area contributed by atoms with Gasteiger partial charge >= 0.3 is 23.9 Å². The lowest BCUT2D eigenvalue weighted by Crippen LogP contribution is -2.52. The Morgan fingerprint density at radius 3 is 2.26 bits per heavy atom. The zero-order valence-corrected chi connectivity index (χ0v) is 20.1. The van der Waals surface area contributed by atoms with E-state index in [0.29, 0.717) is 0 Å². The second-order valence-electron chi connectivity index (χ2n) is 7.89. The van der Waals surface area contributed by atoms with Gasteiger partial charge in [0.2, 0.25) is 5.82 Å². The van der Waals surface area contributed by atoms with Crippen LogP contribution in [0.25, 0.3) is 0 Å². The Morgan fingerprint density at radius 2 is 1.74 bits per heavy atom. The average molecular weight is 505 g/mol. The van der Waals surface area contributed by atoms with Crippen LogP contribution in [0.4, 0.5) is 5.82 Å². The van der Waals surface area contributed by atoms with E-state index in [0.717, 1.165) is 18.7 Å². The van der Waals surface area contributed by atoms with Crippen LogP contribution in [0.1, 0.15) is 40.5 Å². The third-order valence-corrected chi connectivity index (χ3v) is 4.50. The van der Waals surface area contributed by atoms with Crippen molar-refractivity contribution in [1.29, 1.82) is 0 Å². The first-order valence-electron chi connectivity index (χ1n) is 10.0. The number of nitrogens with two attached hydrogens (primary N) is 1. The number of anilines is 1. The molecule has 15 heteroatoms. The van der Waals surface area contributed by atoms with Crippen molar-refractivity contribution >= 4 is 47.3 Å². The van der Waals surface area contributed by atoms with E-state index >= 15 is 0 Å². The summed E-state index contributed by atoms with van der Waals surface area (Å²) in [5.74, 6) is -4.14. The molecule has 0 saturated carbocycles. The number of aliphatic carboxylic acids is 1. The number of ether oxygens (including phenoxy) is 4. The summed E-state index contributed by atoms with van der Waals surface area (Å²) >= 11 is 0.816. The van der Waals surface area contributed by atoms with Gasteiger partial charge in [-0.25, -0.2) is 4.79 Å². The van der Waals surface area contributed by atoms with E-state index in [4.69, 9.17) is 25.1 Å². The molecule has 1 amide bonds.